The molecule has 0 spiro atoms. The first-order valence-corrected chi connectivity index (χ1v) is 6.01. The first-order chi connectivity index (χ1) is 7.18. The highest BCUT2D eigenvalue weighted by Crippen LogP contribution is 2.61. The van der Waals surface area contributed by atoms with Crippen molar-refractivity contribution in [1.82, 2.24) is 0 Å². The zero-order valence-corrected chi connectivity index (χ0v) is 9.49. The number of fused-ring (bicyclic) bond motifs is 1. The Morgan fingerprint density at radius 1 is 1.33 bits per heavy atom. The third-order valence-electron chi connectivity index (χ3n) is 4.33. The molecule has 0 radical (unpaired) electrons. The van der Waals surface area contributed by atoms with Gasteiger partial charge in [-0.1, -0.05) is 6.42 Å². The summed E-state index contributed by atoms with van der Waals surface area (Å²) in [5.74, 6) is 4.60. The van der Waals surface area contributed by atoms with Gasteiger partial charge in [-0.15, -0.1) is 0 Å². The molecular formula is C13H19NO. The van der Waals surface area contributed by atoms with E-state index in [1.807, 2.05) is 13.8 Å². The van der Waals surface area contributed by atoms with E-state index in [9.17, 15) is 0 Å². The van der Waals surface area contributed by atoms with Gasteiger partial charge in [0.2, 0.25) is 0 Å². The number of aryl methyl sites for hydroxylation is 2. The Morgan fingerprint density at radius 3 is 2.53 bits per heavy atom. The first kappa shape index (κ1) is 9.46. The van der Waals surface area contributed by atoms with Crippen molar-refractivity contribution in [3.8, 4) is 0 Å². The number of rotatable bonds is 2. The normalized spacial score (nSPS) is 35.3. The number of nitrogens with two attached hydrogens (primary N) is 1. The zero-order valence-electron chi connectivity index (χ0n) is 9.49. The Balaban J connectivity index is 1.80. The Morgan fingerprint density at radius 2 is 2.00 bits per heavy atom. The molecule has 0 saturated heterocycles. The van der Waals surface area contributed by atoms with Gasteiger partial charge in [0.25, 0.3) is 0 Å². The minimum atomic E-state index is 0.220. The number of hydrogen-bond acceptors (Lipinski definition) is 2. The molecular weight excluding hydrogens is 186 g/mol. The molecule has 1 aromatic heterocycles. The smallest absolute Gasteiger partial charge is 0.105 e. The predicted octanol–water partition coefficient (Wildman–Crippen LogP) is 2.94. The van der Waals surface area contributed by atoms with Gasteiger partial charge < -0.3 is 10.2 Å². The van der Waals surface area contributed by atoms with Gasteiger partial charge in [-0.25, -0.2) is 0 Å². The molecule has 3 unspecified atom stereocenters. The lowest BCUT2D eigenvalue weighted by Crippen LogP contribution is -2.15. The molecule has 3 atom stereocenters. The van der Waals surface area contributed by atoms with Crippen molar-refractivity contribution in [3.05, 3.63) is 23.2 Å². The molecule has 0 bridgehead atoms. The van der Waals surface area contributed by atoms with Crippen molar-refractivity contribution in [2.45, 2.75) is 39.2 Å². The summed E-state index contributed by atoms with van der Waals surface area (Å²) in [6.07, 6.45) is 4.22. The second-order valence-electron chi connectivity index (χ2n) is 5.23. The fourth-order valence-electron chi connectivity index (χ4n) is 3.60. The monoisotopic (exact) mass is 205 g/mol. The van der Waals surface area contributed by atoms with E-state index in [1.165, 1.54) is 24.8 Å². The molecule has 2 aliphatic carbocycles. The molecule has 1 heterocycles. The maximum atomic E-state index is 6.34. The van der Waals surface area contributed by atoms with E-state index in [0.717, 1.165) is 29.3 Å². The highest BCUT2D eigenvalue weighted by atomic mass is 16.3. The van der Waals surface area contributed by atoms with E-state index in [-0.39, 0.29) is 6.04 Å². The SMILES string of the molecule is Cc1cc(C(N)C2C3CCCC32)c(C)o1. The van der Waals surface area contributed by atoms with Crippen LogP contribution in [0.5, 0.6) is 0 Å². The van der Waals surface area contributed by atoms with Crippen LogP contribution in [0.2, 0.25) is 0 Å². The Labute approximate surface area is 90.8 Å². The van der Waals surface area contributed by atoms with E-state index in [0.29, 0.717) is 0 Å². The van der Waals surface area contributed by atoms with Crippen LogP contribution in [0.1, 0.15) is 42.4 Å². The van der Waals surface area contributed by atoms with Crippen molar-refractivity contribution in [2.24, 2.45) is 23.5 Å². The Bertz CT molecular complexity index is 372. The van der Waals surface area contributed by atoms with Gasteiger partial charge in [0.15, 0.2) is 0 Å². The van der Waals surface area contributed by atoms with Crippen LogP contribution >= 0.6 is 0 Å². The van der Waals surface area contributed by atoms with E-state index >= 15 is 0 Å². The zero-order chi connectivity index (χ0) is 10.6. The molecule has 0 aliphatic heterocycles. The summed E-state index contributed by atoms with van der Waals surface area (Å²) in [5, 5.41) is 0. The van der Waals surface area contributed by atoms with E-state index in [4.69, 9.17) is 10.2 Å². The Kier molecular flexibility index (Phi) is 1.96. The van der Waals surface area contributed by atoms with Crippen LogP contribution in [-0.4, -0.2) is 0 Å². The predicted molar refractivity (Wildman–Crippen MR) is 59.4 cm³/mol. The highest BCUT2D eigenvalue weighted by molar-refractivity contribution is 5.27. The van der Waals surface area contributed by atoms with Crippen LogP contribution in [0.3, 0.4) is 0 Å². The van der Waals surface area contributed by atoms with Crippen molar-refractivity contribution in [2.75, 3.05) is 0 Å². The van der Waals surface area contributed by atoms with E-state index in [2.05, 4.69) is 6.07 Å². The summed E-state index contributed by atoms with van der Waals surface area (Å²) < 4.78 is 5.56. The third-order valence-corrected chi connectivity index (χ3v) is 4.33. The van der Waals surface area contributed by atoms with Crippen molar-refractivity contribution in [3.63, 3.8) is 0 Å². The molecule has 2 nitrogen and oxygen atoms in total. The average Bonchev–Trinajstić information content (AvgIpc) is 2.58. The van der Waals surface area contributed by atoms with Gasteiger partial charge in [-0.3, -0.25) is 0 Å². The van der Waals surface area contributed by atoms with E-state index in [1.54, 1.807) is 0 Å². The lowest BCUT2D eigenvalue weighted by Gasteiger charge is -2.12. The molecule has 2 saturated carbocycles. The summed E-state index contributed by atoms with van der Waals surface area (Å²) in [5.41, 5.74) is 7.59. The number of furan rings is 1. The van der Waals surface area contributed by atoms with E-state index < -0.39 is 0 Å². The average molecular weight is 205 g/mol. The summed E-state index contributed by atoms with van der Waals surface area (Å²) >= 11 is 0. The standard InChI is InChI=1S/C13H19NO/c1-7-6-11(8(2)15-7)13(14)12-9-4-3-5-10(9)12/h6,9-10,12-13H,3-5,14H2,1-2H3. The van der Waals surface area contributed by atoms with Gasteiger partial charge in [0.05, 0.1) is 0 Å². The molecule has 2 N–H and O–H groups in total. The molecule has 82 valence electrons. The van der Waals surface area contributed by atoms with Crippen LogP contribution in [-0.2, 0) is 0 Å². The van der Waals surface area contributed by atoms with Gasteiger partial charge in [-0.05, 0) is 50.5 Å². The second kappa shape index (κ2) is 3.11. The van der Waals surface area contributed by atoms with Crippen LogP contribution in [0, 0.1) is 31.6 Å². The van der Waals surface area contributed by atoms with Crippen molar-refractivity contribution < 1.29 is 4.42 Å². The van der Waals surface area contributed by atoms with Gasteiger partial charge in [-0.2, -0.15) is 0 Å². The molecule has 0 amide bonds. The van der Waals surface area contributed by atoms with Gasteiger partial charge >= 0.3 is 0 Å². The van der Waals surface area contributed by atoms with Crippen molar-refractivity contribution in [1.29, 1.82) is 0 Å². The van der Waals surface area contributed by atoms with Crippen LogP contribution in [0.4, 0.5) is 0 Å². The summed E-state index contributed by atoms with van der Waals surface area (Å²) in [7, 11) is 0. The molecule has 15 heavy (non-hydrogen) atoms. The first-order valence-electron chi connectivity index (χ1n) is 6.01. The maximum Gasteiger partial charge on any atom is 0.105 e. The number of hydrogen-bond donors (Lipinski definition) is 1. The van der Waals surface area contributed by atoms with Crippen LogP contribution in [0.15, 0.2) is 10.5 Å². The van der Waals surface area contributed by atoms with Gasteiger partial charge in [0.1, 0.15) is 11.5 Å². The minimum Gasteiger partial charge on any atom is -0.466 e. The third kappa shape index (κ3) is 1.35. The fraction of sp³-hybridized carbons (Fsp3) is 0.692. The van der Waals surface area contributed by atoms with Gasteiger partial charge in [0, 0.05) is 11.6 Å². The molecule has 2 aliphatic rings. The molecule has 1 aromatic rings. The largest absolute Gasteiger partial charge is 0.466 e. The van der Waals surface area contributed by atoms with Crippen LogP contribution < -0.4 is 5.73 Å². The summed E-state index contributed by atoms with van der Waals surface area (Å²) in [4.78, 5) is 0. The minimum absolute atomic E-state index is 0.220. The lowest BCUT2D eigenvalue weighted by molar-refractivity contribution is 0.473. The van der Waals surface area contributed by atoms with Crippen molar-refractivity contribution >= 4 is 0 Å². The summed E-state index contributed by atoms with van der Waals surface area (Å²) in [6, 6.07) is 2.34. The maximum absolute atomic E-state index is 6.34. The topological polar surface area (TPSA) is 39.2 Å². The summed E-state index contributed by atoms with van der Waals surface area (Å²) in [6.45, 7) is 4.03. The second-order valence-corrected chi connectivity index (χ2v) is 5.23. The molecule has 3 rings (SSSR count). The fourth-order valence-corrected chi connectivity index (χ4v) is 3.60. The van der Waals surface area contributed by atoms with Crippen LogP contribution in [0.25, 0.3) is 0 Å². The molecule has 2 fully saturated rings. The molecule has 2 heteroatoms. The Hall–Kier alpha value is -0.760. The lowest BCUT2D eigenvalue weighted by atomic mass is 9.98. The molecule has 0 aromatic carbocycles. The highest BCUT2D eigenvalue weighted by Gasteiger charge is 2.55. The quantitative estimate of drug-likeness (QED) is 0.806.